The Balaban J connectivity index is 2.04. The molecule has 0 fully saturated rings. The zero-order chi connectivity index (χ0) is 14.2. The molecule has 0 aromatic carbocycles. The third-order valence-corrected chi connectivity index (χ3v) is 3.31. The van der Waals surface area contributed by atoms with E-state index in [1.165, 1.54) is 5.69 Å². The van der Waals surface area contributed by atoms with Crippen molar-refractivity contribution in [1.29, 1.82) is 0 Å². The second kappa shape index (κ2) is 7.75. The van der Waals surface area contributed by atoms with Gasteiger partial charge in [-0.1, -0.05) is 25.1 Å². The molecule has 0 amide bonds. The summed E-state index contributed by atoms with van der Waals surface area (Å²) in [4.78, 5) is 4.39. The molecule has 2 heterocycles. The van der Waals surface area contributed by atoms with E-state index >= 15 is 0 Å². The largest absolute Gasteiger partial charge is 0.309 e. The number of nitrogens with one attached hydrogen (secondary N) is 1. The Morgan fingerprint density at radius 2 is 2.20 bits per heavy atom. The molecule has 0 aliphatic heterocycles. The van der Waals surface area contributed by atoms with Gasteiger partial charge in [0, 0.05) is 18.4 Å². The molecule has 0 aliphatic carbocycles. The molecule has 0 radical (unpaired) electrons. The number of aromatic nitrogens is 4. The third kappa shape index (κ3) is 3.87. The van der Waals surface area contributed by atoms with E-state index in [2.05, 4.69) is 40.5 Å². The number of hydrogen-bond donors (Lipinski definition) is 1. The van der Waals surface area contributed by atoms with Crippen molar-refractivity contribution >= 4 is 0 Å². The van der Waals surface area contributed by atoms with Crippen LogP contribution in [-0.2, 0) is 13.0 Å². The van der Waals surface area contributed by atoms with Gasteiger partial charge >= 0.3 is 0 Å². The predicted octanol–water partition coefficient (Wildman–Crippen LogP) is 2.37. The highest BCUT2D eigenvalue weighted by Crippen LogP contribution is 2.18. The summed E-state index contributed by atoms with van der Waals surface area (Å²) in [7, 11) is 0. The second-order valence-corrected chi connectivity index (χ2v) is 4.85. The molecule has 0 saturated heterocycles. The molecule has 20 heavy (non-hydrogen) atoms. The summed E-state index contributed by atoms with van der Waals surface area (Å²) in [5, 5.41) is 11.8. The van der Waals surface area contributed by atoms with Gasteiger partial charge in [-0.15, -0.1) is 5.10 Å². The van der Waals surface area contributed by atoms with E-state index in [-0.39, 0.29) is 6.04 Å². The topological polar surface area (TPSA) is 55.6 Å². The maximum atomic E-state index is 4.39. The lowest BCUT2D eigenvalue weighted by molar-refractivity contribution is 0.453. The number of aryl methyl sites for hydroxylation is 2. The van der Waals surface area contributed by atoms with E-state index in [0.29, 0.717) is 0 Å². The minimum atomic E-state index is 0.281. The molecule has 1 unspecified atom stereocenters. The van der Waals surface area contributed by atoms with Gasteiger partial charge in [-0.2, -0.15) is 0 Å². The Hall–Kier alpha value is -1.75. The molecule has 2 rings (SSSR count). The van der Waals surface area contributed by atoms with Gasteiger partial charge in [-0.3, -0.25) is 4.98 Å². The maximum Gasteiger partial charge on any atom is 0.0756 e. The van der Waals surface area contributed by atoms with Crippen molar-refractivity contribution < 1.29 is 0 Å². The van der Waals surface area contributed by atoms with Crippen LogP contribution in [0.4, 0.5) is 0 Å². The minimum Gasteiger partial charge on any atom is -0.309 e. The zero-order valence-electron chi connectivity index (χ0n) is 12.3. The molecule has 5 heteroatoms. The predicted molar refractivity (Wildman–Crippen MR) is 79.3 cm³/mol. The number of hydrogen-bond acceptors (Lipinski definition) is 4. The summed E-state index contributed by atoms with van der Waals surface area (Å²) in [6.45, 7) is 6.13. The summed E-state index contributed by atoms with van der Waals surface area (Å²) in [5.41, 5.74) is 2.30. The maximum absolute atomic E-state index is 4.39. The first-order valence-corrected chi connectivity index (χ1v) is 7.36. The van der Waals surface area contributed by atoms with E-state index < -0.39 is 0 Å². The number of rotatable bonds is 8. The molecule has 1 N–H and O–H groups in total. The van der Waals surface area contributed by atoms with Crippen LogP contribution in [0.3, 0.4) is 0 Å². The molecule has 0 aliphatic rings. The van der Waals surface area contributed by atoms with Crippen LogP contribution in [0, 0.1) is 0 Å². The van der Waals surface area contributed by atoms with Crippen molar-refractivity contribution in [3.8, 4) is 0 Å². The van der Waals surface area contributed by atoms with Crippen LogP contribution < -0.4 is 5.32 Å². The Bertz CT molecular complexity index is 494. The number of nitrogens with zero attached hydrogens (tertiary/aromatic N) is 4. The van der Waals surface area contributed by atoms with Crippen LogP contribution in [0.15, 0.2) is 30.6 Å². The summed E-state index contributed by atoms with van der Waals surface area (Å²) < 4.78 is 2.01. The summed E-state index contributed by atoms with van der Waals surface area (Å²) in [6.07, 6.45) is 6.75. The van der Waals surface area contributed by atoms with Crippen molar-refractivity contribution in [2.24, 2.45) is 0 Å². The average Bonchev–Trinajstić information content (AvgIpc) is 2.93. The zero-order valence-corrected chi connectivity index (χ0v) is 12.3. The molecule has 0 bridgehead atoms. The van der Waals surface area contributed by atoms with E-state index in [0.717, 1.165) is 38.0 Å². The van der Waals surface area contributed by atoms with Gasteiger partial charge < -0.3 is 5.32 Å². The van der Waals surface area contributed by atoms with Gasteiger partial charge in [0.25, 0.3) is 0 Å². The van der Waals surface area contributed by atoms with Crippen LogP contribution in [0.1, 0.15) is 44.1 Å². The molecule has 2 aromatic rings. The second-order valence-electron chi connectivity index (χ2n) is 4.85. The molecule has 0 spiro atoms. The van der Waals surface area contributed by atoms with Crippen LogP contribution in [0.5, 0.6) is 0 Å². The van der Waals surface area contributed by atoms with Gasteiger partial charge in [-0.05, 0) is 37.9 Å². The average molecular weight is 273 g/mol. The lowest BCUT2D eigenvalue weighted by Crippen LogP contribution is -2.24. The lowest BCUT2D eigenvalue weighted by atomic mass is 10.1. The highest BCUT2D eigenvalue weighted by atomic mass is 15.4. The fourth-order valence-corrected chi connectivity index (χ4v) is 2.36. The molecule has 1 atom stereocenters. The van der Waals surface area contributed by atoms with Gasteiger partial charge in [-0.25, -0.2) is 4.68 Å². The van der Waals surface area contributed by atoms with Crippen molar-refractivity contribution in [2.75, 3.05) is 6.54 Å². The lowest BCUT2D eigenvalue weighted by Gasteiger charge is -2.18. The van der Waals surface area contributed by atoms with Crippen LogP contribution in [-0.4, -0.2) is 26.5 Å². The molecular formula is C15H23N5. The van der Waals surface area contributed by atoms with Gasteiger partial charge in [0.05, 0.1) is 17.9 Å². The van der Waals surface area contributed by atoms with Crippen LogP contribution >= 0.6 is 0 Å². The smallest absolute Gasteiger partial charge is 0.0756 e. The molecule has 2 aromatic heterocycles. The van der Waals surface area contributed by atoms with Crippen molar-refractivity contribution in [3.05, 3.63) is 42.0 Å². The van der Waals surface area contributed by atoms with Gasteiger partial charge in [0.15, 0.2) is 0 Å². The fraction of sp³-hybridized carbons (Fsp3) is 0.533. The van der Waals surface area contributed by atoms with E-state index in [1.54, 1.807) is 0 Å². The summed E-state index contributed by atoms with van der Waals surface area (Å²) in [6, 6.07) is 6.34. The van der Waals surface area contributed by atoms with Crippen molar-refractivity contribution in [3.63, 3.8) is 0 Å². The normalized spacial score (nSPS) is 12.5. The van der Waals surface area contributed by atoms with Crippen molar-refractivity contribution in [2.45, 2.75) is 45.7 Å². The minimum absolute atomic E-state index is 0.281. The highest BCUT2D eigenvalue weighted by Gasteiger charge is 2.16. The first kappa shape index (κ1) is 14.7. The quantitative estimate of drug-likeness (QED) is 0.802. The Morgan fingerprint density at radius 1 is 1.30 bits per heavy atom. The SMILES string of the molecule is CCCn1nncc1C(CCc1ccccn1)NCC. The number of pyridine rings is 1. The molecular weight excluding hydrogens is 250 g/mol. The van der Waals surface area contributed by atoms with E-state index in [9.17, 15) is 0 Å². The van der Waals surface area contributed by atoms with Crippen LogP contribution in [0.25, 0.3) is 0 Å². The summed E-state index contributed by atoms with van der Waals surface area (Å²) in [5.74, 6) is 0. The Morgan fingerprint density at radius 3 is 2.90 bits per heavy atom. The monoisotopic (exact) mass is 273 g/mol. The first-order valence-electron chi connectivity index (χ1n) is 7.36. The third-order valence-electron chi connectivity index (χ3n) is 3.31. The highest BCUT2D eigenvalue weighted by molar-refractivity contribution is 5.07. The Kier molecular flexibility index (Phi) is 5.68. The standard InChI is InChI=1S/C15H23N5/c1-3-11-20-15(12-18-19-20)14(16-4-2)9-8-13-7-5-6-10-17-13/h5-7,10,12,14,16H,3-4,8-9,11H2,1-2H3. The van der Waals surface area contributed by atoms with Crippen LogP contribution in [0.2, 0.25) is 0 Å². The molecule has 5 nitrogen and oxygen atoms in total. The van der Waals surface area contributed by atoms with E-state index in [4.69, 9.17) is 0 Å². The molecule has 108 valence electrons. The first-order chi connectivity index (χ1) is 9.85. The van der Waals surface area contributed by atoms with Gasteiger partial charge in [0.1, 0.15) is 0 Å². The fourth-order valence-electron chi connectivity index (χ4n) is 2.36. The van der Waals surface area contributed by atoms with E-state index in [1.807, 2.05) is 29.2 Å². The molecule has 0 saturated carbocycles. The summed E-state index contributed by atoms with van der Waals surface area (Å²) >= 11 is 0. The van der Waals surface area contributed by atoms with Gasteiger partial charge in [0.2, 0.25) is 0 Å². The Labute approximate surface area is 120 Å². The van der Waals surface area contributed by atoms with Crippen molar-refractivity contribution in [1.82, 2.24) is 25.3 Å².